The molecule has 0 aliphatic carbocycles. The fourth-order valence-corrected chi connectivity index (χ4v) is 2.78. The van der Waals surface area contributed by atoms with Crippen molar-refractivity contribution in [3.8, 4) is 23.0 Å². The summed E-state index contributed by atoms with van der Waals surface area (Å²) in [7, 11) is 0. The first-order valence-corrected chi connectivity index (χ1v) is 8.86. The molecule has 0 radical (unpaired) electrons. The lowest BCUT2D eigenvalue weighted by molar-refractivity contribution is -0.0696. The molecule has 3 aromatic rings. The molecule has 0 aromatic heterocycles. The standard InChI is InChI=1S/C24H13F7/c1-14-2-5-16(6-3-14)17-12-22(27)18(23(28)13-17)7-4-15-10-20(25)19(21(26)11-15)8-9-24(29,30)31/h2-7,10-13H,1H3/b7-4+. The van der Waals surface area contributed by atoms with Crippen LogP contribution in [0.2, 0.25) is 0 Å². The van der Waals surface area contributed by atoms with Gasteiger partial charge in [0, 0.05) is 11.5 Å². The number of hydrogen-bond acceptors (Lipinski definition) is 0. The SMILES string of the molecule is Cc1ccc(-c2cc(F)c(/C=C/c3cc(F)c(C#CC(F)(F)F)c(F)c3)c(F)c2)cc1. The van der Waals surface area contributed by atoms with Gasteiger partial charge in [0.25, 0.3) is 0 Å². The third-order valence-electron chi connectivity index (χ3n) is 4.30. The monoisotopic (exact) mass is 434 g/mol. The molecule has 0 heterocycles. The van der Waals surface area contributed by atoms with Crippen LogP contribution in [0, 0.1) is 42.0 Å². The van der Waals surface area contributed by atoms with Gasteiger partial charge in [-0.1, -0.05) is 41.8 Å². The van der Waals surface area contributed by atoms with Gasteiger partial charge in [0.2, 0.25) is 0 Å². The molecule has 0 atom stereocenters. The predicted molar refractivity (Wildman–Crippen MR) is 105 cm³/mol. The summed E-state index contributed by atoms with van der Waals surface area (Å²) < 4.78 is 93.2. The molecule has 0 bridgehead atoms. The number of alkyl halides is 3. The molecular weight excluding hydrogens is 421 g/mol. The van der Waals surface area contributed by atoms with Crippen molar-refractivity contribution in [3.63, 3.8) is 0 Å². The molecule has 31 heavy (non-hydrogen) atoms. The Morgan fingerprint density at radius 3 is 1.77 bits per heavy atom. The Kier molecular flexibility index (Phi) is 6.21. The van der Waals surface area contributed by atoms with E-state index in [1.807, 2.05) is 6.92 Å². The summed E-state index contributed by atoms with van der Waals surface area (Å²) in [6, 6.07) is 10.7. The maximum Gasteiger partial charge on any atom is 0.458 e. The topological polar surface area (TPSA) is 0 Å². The van der Waals surface area contributed by atoms with Crippen molar-refractivity contribution in [1.82, 2.24) is 0 Å². The maximum absolute atomic E-state index is 14.4. The van der Waals surface area contributed by atoms with Crippen LogP contribution < -0.4 is 0 Å². The van der Waals surface area contributed by atoms with Crippen LogP contribution >= 0.6 is 0 Å². The van der Waals surface area contributed by atoms with E-state index >= 15 is 0 Å². The molecule has 0 unspecified atom stereocenters. The molecule has 0 fully saturated rings. The molecule has 0 saturated carbocycles. The Morgan fingerprint density at radius 1 is 0.710 bits per heavy atom. The predicted octanol–water partition coefficient (Wildman–Crippen LogP) is 7.30. The molecule has 3 aromatic carbocycles. The van der Waals surface area contributed by atoms with E-state index < -0.39 is 40.6 Å². The van der Waals surface area contributed by atoms with E-state index in [0.29, 0.717) is 11.1 Å². The number of halogens is 7. The average Bonchev–Trinajstić information content (AvgIpc) is 2.66. The third-order valence-corrected chi connectivity index (χ3v) is 4.30. The summed E-state index contributed by atoms with van der Waals surface area (Å²) in [4.78, 5) is 0. The fraction of sp³-hybridized carbons (Fsp3) is 0.0833. The molecule has 3 rings (SSSR count). The van der Waals surface area contributed by atoms with Crippen LogP contribution in [-0.4, -0.2) is 6.18 Å². The largest absolute Gasteiger partial charge is 0.458 e. The summed E-state index contributed by atoms with van der Waals surface area (Å²) in [6.07, 6.45) is -2.88. The first-order valence-electron chi connectivity index (χ1n) is 8.86. The summed E-state index contributed by atoms with van der Waals surface area (Å²) in [5, 5.41) is 0. The van der Waals surface area contributed by atoms with Gasteiger partial charge in [-0.15, -0.1) is 0 Å². The molecule has 0 aliphatic heterocycles. The Hall–Kier alpha value is -3.53. The van der Waals surface area contributed by atoms with Crippen LogP contribution in [0.5, 0.6) is 0 Å². The molecule has 0 aliphatic rings. The molecule has 7 heteroatoms. The van der Waals surface area contributed by atoms with Crippen molar-refractivity contribution in [3.05, 3.63) is 94.1 Å². The minimum Gasteiger partial charge on any atom is -0.206 e. The van der Waals surface area contributed by atoms with Crippen molar-refractivity contribution < 1.29 is 30.7 Å². The summed E-state index contributed by atoms with van der Waals surface area (Å²) in [5.74, 6) is -2.25. The Morgan fingerprint density at radius 2 is 1.26 bits per heavy atom. The van der Waals surface area contributed by atoms with Crippen LogP contribution in [0.3, 0.4) is 0 Å². The van der Waals surface area contributed by atoms with E-state index in [9.17, 15) is 30.7 Å². The average molecular weight is 434 g/mol. The molecule has 158 valence electrons. The summed E-state index contributed by atoms with van der Waals surface area (Å²) in [6.45, 7) is 1.87. The van der Waals surface area contributed by atoms with Gasteiger partial charge in [-0.05, 0) is 54.0 Å². The van der Waals surface area contributed by atoms with Crippen molar-refractivity contribution in [2.75, 3.05) is 0 Å². The van der Waals surface area contributed by atoms with E-state index in [1.165, 1.54) is 5.92 Å². The van der Waals surface area contributed by atoms with E-state index in [0.717, 1.165) is 47.9 Å². The number of hydrogen-bond donors (Lipinski definition) is 0. The van der Waals surface area contributed by atoms with Crippen LogP contribution in [-0.2, 0) is 0 Å². The Balaban J connectivity index is 1.91. The van der Waals surface area contributed by atoms with Gasteiger partial charge in [0.05, 0.1) is 5.56 Å². The number of rotatable bonds is 3. The highest BCUT2D eigenvalue weighted by Gasteiger charge is 2.23. The zero-order valence-corrected chi connectivity index (χ0v) is 15.9. The van der Waals surface area contributed by atoms with Crippen molar-refractivity contribution in [1.29, 1.82) is 0 Å². The lowest BCUT2D eigenvalue weighted by Crippen LogP contribution is -2.02. The van der Waals surface area contributed by atoms with Crippen LogP contribution in [0.25, 0.3) is 23.3 Å². The second-order valence-corrected chi connectivity index (χ2v) is 6.66. The van der Waals surface area contributed by atoms with Crippen molar-refractivity contribution in [2.45, 2.75) is 13.1 Å². The van der Waals surface area contributed by atoms with Gasteiger partial charge in [-0.2, -0.15) is 13.2 Å². The van der Waals surface area contributed by atoms with E-state index in [1.54, 1.807) is 24.3 Å². The highest BCUT2D eigenvalue weighted by Crippen LogP contribution is 2.26. The van der Waals surface area contributed by atoms with Crippen molar-refractivity contribution in [2.24, 2.45) is 0 Å². The Bertz CT molecular complexity index is 1160. The van der Waals surface area contributed by atoms with Gasteiger partial charge in [0.1, 0.15) is 23.3 Å². The summed E-state index contributed by atoms with van der Waals surface area (Å²) >= 11 is 0. The molecule has 0 amide bonds. The second-order valence-electron chi connectivity index (χ2n) is 6.66. The first kappa shape index (κ1) is 22.2. The Labute approximate surface area is 173 Å². The number of aryl methyl sites for hydroxylation is 1. The van der Waals surface area contributed by atoms with Crippen LogP contribution in [0.4, 0.5) is 30.7 Å². The quantitative estimate of drug-likeness (QED) is 0.231. The van der Waals surface area contributed by atoms with E-state index in [4.69, 9.17) is 0 Å². The zero-order valence-electron chi connectivity index (χ0n) is 15.9. The molecule has 0 nitrogen and oxygen atoms in total. The van der Waals surface area contributed by atoms with Crippen LogP contribution in [0.15, 0.2) is 48.5 Å². The van der Waals surface area contributed by atoms with Gasteiger partial charge in [-0.25, -0.2) is 17.6 Å². The molecule has 0 N–H and O–H groups in total. The van der Waals surface area contributed by atoms with Gasteiger partial charge in [-0.3, -0.25) is 0 Å². The molecule has 0 saturated heterocycles. The van der Waals surface area contributed by atoms with E-state index in [-0.39, 0.29) is 5.56 Å². The third kappa shape index (κ3) is 5.54. The van der Waals surface area contributed by atoms with Gasteiger partial charge < -0.3 is 0 Å². The minimum atomic E-state index is -4.91. The van der Waals surface area contributed by atoms with E-state index in [2.05, 4.69) is 0 Å². The highest BCUT2D eigenvalue weighted by molar-refractivity contribution is 5.73. The zero-order chi connectivity index (χ0) is 22.8. The normalized spacial score (nSPS) is 11.5. The molecule has 0 spiro atoms. The minimum absolute atomic E-state index is 0.144. The number of benzene rings is 3. The van der Waals surface area contributed by atoms with Crippen LogP contribution in [0.1, 0.15) is 22.3 Å². The smallest absolute Gasteiger partial charge is 0.206 e. The van der Waals surface area contributed by atoms with Gasteiger partial charge in [0.15, 0.2) is 0 Å². The lowest BCUT2D eigenvalue weighted by atomic mass is 10.0. The van der Waals surface area contributed by atoms with Crippen molar-refractivity contribution >= 4 is 12.2 Å². The highest BCUT2D eigenvalue weighted by atomic mass is 19.4. The molecular formula is C24H13F7. The summed E-state index contributed by atoms with van der Waals surface area (Å²) in [5.41, 5.74) is 0.287. The lowest BCUT2D eigenvalue weighted by Gasteiger charge is -2.07. The maximum atomic E-state index is 14.4. The second kappa shape index (κ2) is 8.68. The fourth-order valence-electron chi connectivity index (χ4n) is 2.78. The van der Waals surface area contributed by atoms with Gasteiger partial charge >= 0.3 is 6.18 Å². The first-order chi connectivity index (χ1) is 14.5.